The van der Waals surface area contributed by atoms with Crippen LogP contribution in [0.15, 0.2) is 106 Å². The largest absolute Gasteiger partial charge is 0.456 e. The Bertz CT molecular complexity index is 1610. The van der Waals surface area contributed by atoms with Gasteiger partial charge in [-0.2, -0.15) is 0 Å². The van der Waals surface area contributed by atoms with Crippen LogP contribution in [0.3, 0.4) is 0 Å². The molecule has 0 aliphatic rings. The summed E-state index contributed by atoms with van der Waals surface area (Å²) < 4.78 is 6.31. The predicted molar refractivity (Wildman–Crippen MR) is 120 cm³/mol. The molecule has 0 N–H and O–H groups in total. The van der Waals surface area contributed by atoms with Crippen LogP contribution >= 0.6 is 0 Å². The second-order valence-corrected chi connectivity index (χ2v) is 7.30. The lowest BCUT2D eigenvalue weighted by Crippen LogP contribution is -2.04. The third-order valence-electron chi connectivity index (χ3n) is 5.66. The Morgan fingerprint density at radius 1 is 0.552 bits per heavy atom. The van der Waals surface area contributed by atoms with Gasteiger partial charge in [0, 0.05) is 0 Å². The molecule has 2 nitrogen and oxygen atoms in total. The van der Waals surface area contributed by atoms with Gasteiger partial charge < -0.3 is 4.42 Å². The first-order valence-electron chi connectivity index (χ1n) is 9.67. The van der Waals surface area contributed by atoms with E-state index in [0.29, 0.717) is 21.9 Å². The molecule has 0 aliphatic carbocycles. The molecule has 0 amide bonds. The number of fused-ring (bicyclic) bond motifs is 6. The number of hydrogen-bond acceptors (Lipinski definition) is 2. The first-order chi connectivity index (χ1) is 14.3. The van der Waals surface area contributed by atoms with Crippen molar-refractivity contribution >= 4 is 43.5 Å². The van der Waals surface area contributed by atoms with Crippen LogP contribution in [0.25, 0.3) is 54.6 Å². The number of hydrogen-bond donors (Lipinski definition) is 0. The van der Waals surface area contributed by atoms with E-state index in [1.54, 1.807) is 0 Å². The van der Waals surface area contributed by atoms with Crippen molar-refractivity contribution in [1.29, 1.82) is 0 Å². The van der Waals surface area contributed by atoms with Gasteiger partial charge in [-0.3, -0.25) is 4.79 Å². The molecule has 0 spiro atoms. The molecular formula is C27H16O2. The molecule has 0 unspecified atom stereocenters. The summed E-state index contributed by atoms with van der Waals surface area (Å²) in [4.78, 5) is 13.7. The summed E-state index contributed by atoms with van der Waals surface area (Å²) in [6.07, 6.45) is 0. The summed E-state index contributed by atoms with van der Waals surface area (Å²) in [7, 11) is 0. The minimum absolute atomic E-state index is 0.0221. The average molecular weight is 372 g/mol. The molecule has 0 radical (unpaired) electrons. The summed E-state index contributed by atoms with van der Waals surface area (Å²) in [5.41, 5.74) is 3.43. The zero-order valence-corrected chi connectivity index (χ0v) is 15.6. The molecule has 29 heavy (non-hydrogen) atoms. The Morgan fingerprint density at radius 3 is 2.03 bits per heavy atom. The van der Waals surface area contributed by atoms with Crippen LogP contribution in [-0.2, 0) is 0 Å². The van der Waals surface area contributed by atoms with Crippen molar-refractivity contribution in [2.24, 2.45) is 0 Å². The van der Waals surface area contributed by atoms with Crippen LogP contribution < -0.4 is 5.43 Å². The summed E-state index contributed by atoms with van der Waals surface area (Å²) in [6.45, 7) is 0. The molecule has 0 saturated carbocycles. The standard InChI is InChI=1S/C27H16O2/c28-27-25-19-11-5-4-10-18(19)14-15-23(25)29-24-16-22(17-8-2-1-3-9-17)20-12-6-7-13-21(20)26(24)27/h1-16H. The first kappa shape index (κ1) is 16.1. The third-order valence-corrected chi connectivity index (χ3v) is 5.66. The quantitative estimate of drug-likeness (QED) is 0.232. The zero-order valence-electron chi connectivity index (χ0n) is 15.6. The van der Waals surface area contributed by atoms with E-state index in [-0.39, 0.29) is 5.43 Å². The fourth-order valence-electron chi connectivity index (χ4n) is 4.34. The average Bonchev–Trinajstić information content (AvgIpc) is 2.78. The topological polar surface area (TPSA) is 30.2 Å². The molecule has 6 rings (SSSR count). The maximum Gasteiger partial charge on any atom is 0.201 e. The fraction of sp³-hybridized carbons (Fsp3) is 0. The van der Waals surface area contributed by atoms with Crippen LogP contribution in [0.1, 0.15) is 0 Å². The van der Waals surface area contributed by atoms with E-state index in [2.05, 4.69) is 18.2 Å². The third kappa shape index (κ3) is 2.33. The molecule has 0 aliphatic heterocycles. The normalized spacial score (nSPS) is 11.6. The SMILES string of the molecule is O=c1c2c(ccc3ccccc32)oc2cc(-c3ccccc3)c3ccccc3c12. The summed E-state index contributed by atoms with van der Waals surface area (Å²) in [6, 6.07) is 32.2. The second kappa shape index (κ2) is 6.05. The minimum Gasteiger partial charge on any atom is -0.456 e. The van der Waals surface area contributed by atoms with Crippen LogP contribution in [0.4, 0.5) is 0 Å². The summed E-state index contributed by atoms with van der Waals surface area (Å²) in [5.74, 6) is 0. The van der Waals surface area contributed by atoms with Crippen LogP contribution in [-0.4, -0.2) is 0 Å². The minimum atomic E-state index is 0.0221. The van der Waals surface area contributed by atoms with E-state index in [4.69, 9.17) is 4.42 Å². The highest BCUT2D eigenvalue weighted by molar-refractivity contribution is 6.16. The molecule has 6 aromatic rings. The van der Waals surface area contributed by atoms with E-state index in [9.17, 15) is 4.79 Å². The van der Waals surface area contributed by atoms with E-state index in [0.717, 1.165) is 32.7 Å². The molecular weight excluding hydrogens is 356 g/mol. The Hall–Kier alpha value is -3.91. The molecule has 136 valence electrons. The lowest BCUT2D eigenvalue weighted by molar-refractivity contribution is 0.661. The van der Waals surface area contributed by atoms with Crippen molar-refractivity contribution in [3.8, 4) is 11.1 Å². The molecule has 0 fully saturated rings. The smallest absolute Gasteiger partial charge is 0.201 e. The van der Waals surface area contributed by atoms with Gasteiger partial charge in [0.05, 0.1) is 10.8 Å². The van der Waals surface area contributed by atoms with E-state index in [1.807, 2.05) is 78.9 Å². The highest BCUT2D eigenvalue weighted by atomic mass is 16.3. The summed E-state index contributed by atoms with van der Waals surface area (Å²) in [5, 5.41) is 5.23. The maximum absolute atomic E-state index is 13.7. The summed E-state index contributed by atoms with van der Waals surface area (Å²) >= 11 is 0. The van der Waals surface area contributed by atoms with Crippen molar-refractivity contribution in [2.45, 2.75) is 0 Å². The maximum atomic E-state index is 13.7. The van der Waals surface area contributed by atoms with E-state index >= 15 is 0 Å². The van der Waals surface area contributed by atoms with Gasteiger partial charge >= 0.3 is 0 Å². The Kier molecular flexibility index (Phi) is 3.35. The molecule has 1 aromatic heterocycles. The lowest BCUT2D eigenvalue weighted by atomic mass is 9.94. The highest BCUT2D eigenvalue weighted by Gasteiger charge is 2.16. The molecule has 0 saturated heterocycles. The highest BCUT2D eigenvalue weighted by Crippen LogP contribution is 2.35. The van der Waals surface area contributed by atoms with E-state index in [1.165, 1.54) is 0 Å². The molecule has 5 aromatic carbocycles. The molecule has 0 atom stereocenters. The van der Waals surface area contributed by atoms with Crippen molar-refractivity contribution < 1.29 is 4.42 Å². The fourth-order valence-corrected chi connectivity index (χ4v) is 4.34. The molecule has 2 heteroatoms. The van der Waals surface area contributed by atoms with Gasteiger partial charge in [-0.15, -0.1) is 0 Å². The van der Waals surface area contributed by atoms with Crippen LogP contribution in [0.2, 0.25) is 0 Å². The van der Waals surface area contributed by atoms with Crippen molar-refractivity contribution in [3.05, 3.63) is 107 Å². The lowest BCUT2D eigenvalue weighted by Gasteiger charge is -2.11. The Balaban J connectivity index is 1.86. The number of benzene rings is 5. The van der Waals surface area contributed by atoms with Gasteiger partial charge in [0.1, 0.15) is 11.2 Å². The molecule has 0 bridgehead atoms. The first-order valence-corrected chi connectivity index (χ1v) is 9.67. The Labute approximate surface area is 166 Å². The van der Waals surface area contributed by atoms with Gasteiger partial charge in [-0.05, 0) is 44.8 Å². The van der Waals surface area contributed by atoms with Gasteiger partial charge in [0.15, 0.2) is 0 Å². The van der Waals surface area contributed by atoms with Crippen LogP contribution in [0.5, 0.6) is 0 Å². The van der Waals surface area contributed by atoms with Crippen molar-refractivity contribution in [1.82, 2.24) is 0 Å². The van der Waals surface area contributed by atoms with Gasteiger partial charge in [0.25, 0.3) is 0 Å². The zero-order chi connectivity index (χ0) is 19.4. The predicted octanol–water partition coefficient (Wildman–Crippen LogP) is 6.92. The molecule has 1 heterocycles. The van der Waals surface area contributed by atoms with Crippen LogP contribution in [0, 0.1) is 0 Å². The van der Waals surface area contributed by atoms with E-state index < -0.39 is 0 Å². The van der Waals surface area contributed by atoms with Crippen molar-refractivity contribution in [2.75, 3.05) is 0 Å². The monoisotopic (exact) mass is 372 g/mol. The second-order valence-electron chi connectivity index (χ2n) is 7.30. The van der Waals surface area contributed by atoms with Gasteiger partial charge in [-0.1, -0.05) is 84.9 Å². The van der Waals surface area contributed by atoms with Gasteiger partial charge in [0.2, 0.25) is 5.43 Å². The number of rotatable bonds is 1. The van der Waals surface area contributed by atoms with Crippen molar-refractivity contribution in [3.63, 3.8) is 0 Å². The van der Waals surface area contributed by atoms with Gasteiger partial charge in [-0.25, -0.2) is 0 Å². The Morgan fingerprint density at radius 2 is 1.21 bits per heavy atom.